The molecule has 2 aromatic rings. The first-order valence-corrected chi connectivity index (χ1v) is 8.69. The number of rotatable bonds is 1. The van der Waals surface area contributed by atoms with Crippen LogP contribution >= 0.6 is 11.3 Å². The molecule has 4 rings (SSSR count). The van der Waals surface area contributed by atoms with E-state index in [1.54, 1.807) is 11.3 Å². The lowest BCUT2D eigenvalue weighted by atomic mass is 9.78. The number of aromatic nitrogens is 2. The molecule has 4 heterocycles. The summed E-state index contributed by atoms with van der Waals surface area (Å²) < 4.78 is 0. The molecule has 0 unspecified atom stereocenters. The molecule has 116 valence electrons. The summed E-state index contributed by atoms with van der Waals surface area (Å²) in [6, 6.07) is 2.09. The van der Waals surface area contributed by atoms with Gasteiger partial charge in [0.1, 0.15) is 16.5 Å². The Morgan fingerprint density at radius 3 is 3.00 bits per heavy atom. The number of anilines is 1. The Kier molecular flexibility index (Phi) is 3.11. The number of hydrogen-bond acceptors (Lipinski definition) is 5. The second kappa shape index (κ2) is 4.91. The Morgan fingerprint density at radius 2 is 2.14 bits per heavy atom. The molecule has 0 aromatic carbocycles. The lowest BCUT2D eigenvalue weighted by Gasteiger charge is -2.37. The van der Waals surface area contributed by atoms with Crippen molar-refractivity contribution in [3.63, 3.8) is 0 Å². The van der Waals surface area contributed by atoms with E-state index in [4.69, 9.17) is 0 Å². The first kappa shape index (κ1) is 13.9. The van der Waals surface area contributed by atoms with Crippen LogP contribution in [0.3, 0.4) is 0 Å². The number of hydrogen-bond donors (Lipinski definition) is 0. The van der Waals surface area contributed by atoms with Gasteiger partial charge >= 0.3 is 0 Å². The maximum Gasteiger partial charge on any atom is 0.230 e. The summed E-state index contributed by atoms with van der Waals surface area (Å²) in [7, 11) is 1.93. The van der Waals surface area contributed by atoms with E-state index in [-0.39, 0.29) is 5.41 Å². The van der Waals surface area contributed by atoms with Gasteiger partial charge in [0.25, 0.3) is 0 Å². The highest BCUT2D eigenvalue weighted by Gasteiger charge is 2.48. The zero-order chi connectivity index (χ0) is 15.3. The molecule has 2 fully saturated rings. The van der Waals surface area contributed by atoms with Gasteiger partial charge in [-0.1, -0.05) is 0 Å². The third-order valence-electron chi connectivity index (χ3n) is 5.02. The topological polar surface area (TPSA) is 49.3 Å². The fourth-order valence-electron chi connectivity index (χ4n) is 3.88. The molecule has 0 N–H and O–H groups in total. The number of likely N-dealkylation sites (tertiary alicyclic amines) is 1. The molecule has 0 radical (unpaired) electrons. The molecular weight excluding hydrogens is 296 g/mol. The SMILES string of the molecule is Cc1nc(N2CC[C@]3(CCCN(C)C3=O)C2)c2ccsc2n1. The fourth-order valence-corrected chi connectivity index (χ4v) is 4.69. The first-order chi connectivity index (χ1) is 10.6. The van der Waals surface area contributed by atoms with Crippen LogP contribution in [0.1, 0.15) is 25.1 Å². The van der Waals surface area contributed by atoms with Gasteiger partial charge in [0.2, 0.25) is 5.91 Å². The van der Waals surface area contributed by atoms with E-state index in [1.807, 2.05) is 18.9 Å². The number of fused-ring (bicyclic) bond motifs is 1. The minimum Gasteiger partial charge on any atom is -0.355 e. The normalized spacial score (nSPS) is 25.6. The molecule has 0 aliphatic carbocycles. The molecule has 2 saturated heterocycles. The van der Waals surface area contributed by atoms with E-state index in [0.29, 0.717) is 5.91 Å². The highest BCUT2D eigenvalue weighted by molar-refractivity contribution is 7.16. The van der Waals surface area contributed by atoms with Crippen molar-refractivity contribution in [1.29, 1.82) is 0 Å². The second-order valence-corrected chi connectivity index (χ2v) is 7.41. The maximum absolute atomic E-state index is 12.7. The third kappa shape index (κ3) is 2.00. The van der Waals surface area contributed by atoms with Gasteiger partial charge in [-0.2, -0.15) is 0 Å². The highest BCUT2D eigenvalue weighted by Crippen LogP contribution is 2.42. The molecule has 0 saturated carbocycles. The van der Waals surface area contributed by atoms with Crippen molar-refractivity contribution < 1.29 is 4.79 Å². The van der Waals surface area contributed by atoms with E-state index in [1.165, 1.54) is 0 Å². The zero-order valence-corrected chi connectivity index (χ0v) is 13.8. The average molecular weight is 316 g/mol. The monoisotopic (exact) mass is 316 g/mol. The molecule has 2 aliphatic heterocycles. The second-order valence-electron chi connectivity index (χ2n) is 6.52. The molecule has 2 aromatic heterocycles. The number of piperidine rings is 1. The van der Waals surface area contributed by atoms with Crippen LogP contribution in [0.2, 0.25) is 0 Å². The van der Waals surface area contributed by atoms with E-state index in [9.17, 15) is 4.79 Å². The van der Waals surface area contributed by atoms with E-state index >= 15 is 0 Å². The van der Waals surface area contributed by atoms with Gasteiger partial charge in [-0.15, -0.1) is 11.3 Å². The van der Waals surface area contributed by atoms with E-state index in [0.717, 1.165) is 60.8 Å². The smallest absolute Gasteiger partial charge is 0.230 e. The molecule has 2 aliphatic rings. The van der Waals surface area contributed by atoms with Gasteiger partial charge in [-0.05, 0) is 37.6 Å². The Hall–Kier alpha value is -1.69. The first-order valence-electron chi connectivity index (χ1n) is 7.81. The summed E-state index contributed by atoms with van der Waals surface area (Å²) in [6.45, 7) is 4.52. The summed E-state index contributed by atoms with van der Waals surface area (Å²) in [5.41, 5.74) is -0.200. The van der Waals surface area contributed by atoms with E-state index < -0.39 is 0 Å². The molecule has 1 amide bonds. The molecule has 1 atom stereocenters. The van der Waals surface area contributed by atoms with Crippen LogP contribution in [0, 0.1) is 12.3 Å². The summed E-state index contributed by atoms with van der Waals surface area (Å²) in [4.78, 5) is 27.1. The average Bonchev–Trinajstić information content (AvgIpc) is 3.11. The minimum atomic E-state index is -0.200. The molecule has 22 heavy (non-hydrogen) atoms. The van der Waals surface area contributed by atoms with Crippen LogP contribution in [0.25, 0.3) is 10.2 Å². The number of aryl methyl sites for hydroxylation is 1. The summed E-state index contributed by atoms with van der Waals surface area (Å²) in [5, 5.41) is 3.18. The summed E-state index contributed by atoms with van der Waals surface area (Å²) in [6.07, 6.45) is 3.04. The van der Waals surface area contributed by atoms with Gasteiger partial charge in [0.15, 0.2) is 0 Å². The van der Waals surface area contributed by atoms with Crippen molar-refractivity contribution >= 4 is 33.3 Å². The predicted octanol–water partition coefficient (Wildman–Crippen LogP) is 2.45. The largest absolute Gasteiger partial charge is 0.355 e. The van der Waals surface area contributed by atoms with Crippen molar-refractivity contribution in [3.05, 3.63) is 17.3 Å². The standard InChI is InChI=1S/C16H20N4OS/c1-11-17-13(12-4-9-22-14(12)18-11)20-8-6-16(10-20)5-3-7-19(2)15(16)21/h4,9H,3,5-8,10H2,1-2H3/t16-/m1/s1. The van der Waals surface area contributed by atoms with Crippen molar-refractivity contribution in [1.82, 2.24) is 14.9 Å². The van der Waals surface area contributed by atoms with Crippen LogP contribution in [-0.2, 0) is 4.79 Å². The van der Waals surface area contributed by atoms with Gasteiger partial charge in [0.05, 0.1) is 10.8 Å². The van der Waals surface area contributed by atoms with Crippen molar-refractivity contribution in [2.24, 2.45) is 5.41 Å². The number of carbonyl (C=O) groups excluding carboxylic acids is 1. The molecule has 1 spiro atoms. The Labute approximate surface area is 134 Å². The number of nitrogens with zero attached hydrogens (tertiary/aromatic N) is 4. The fraction of sp³-hybridized carbons (Fsp3) is 0.562. The summed E-state index contributed by atoms with van der Waals surface area (Å²) >= 11 is 1.65. The van der Waals surface area contributed by atoms with Crippen molar-refractivity contribution in [2.45, 2.75) is 26.2 Å². The van der Waals surface area contributed by atoms with Gasteiger partial charge in [-0.3, -0.25) is 4.79 Å². The van der Waals surface area contributed by atoms with Gasteiger partial charge in [0, 0.05) is 26.7 Å². The Bertz CT molecular complexity index is 743. The molecule has 0 bridgehead atoms. The number of thiophene rings is 1. The third-order valence-corrected chi connectivity index (χ3v) is 5.83. The van der Waals surface area contributed by atoms with Gasteiger partial charge < -0.3 is 9.80 Å². The van der Waals surface area contributed by atoms with Crippen LogP contribution in [0.5, 0.6) is 0 Å². The van der Waals surface area contributed by atoms with Crippen molar-refractivity contribution in [3.8, 4) is 0 Å². The molecule has 6 heteroatoms. The Balaban J connectivity index is 1.70. The Morgan fingerprint density at radius 1 is 1.27 bits per heavy atom. The lowest BCUT2D eigenvalue weighted by molar-refractivity contribution is -0.143. The van der Waals surface area contributed by atoms with Gasteiger partial charge in [-0.25, -0.2) is 9.97 Å². The summed E-state index contributed by atoms with van der Waals surface area (Å²) in [5.74, 6) is 2.12. The van der Waals surface area contributed by atoms with Crippen LogP contribution < -0.4 is 4.90 Å². The van der Waals surface area contributed by atoms with Crippen LogP contribution in [0.4, 0.5) is 5.82 Å². The predicted molar refractivity (Wildman–Crippen MR) is 88.3 cm³/mol. The van der Waals surface area contributed by atoms with Crippen LogP contribution in [0.15, 0.2) is 11.4 Å². The van der Waals surface area contributed by atoms with E-state index in [2.05, 4.69) is 26.3 Å². The minimum absolute atomic E-state index is 0.200. The number of amides is 1. The van der Waals surface area contributed by atoms with Crippen molar-refractivity contribution in [2.75, 3.05) is 31.6 Å². The lowest BCUT2D eigenvalue weighted by Crippen LogP contribution is -2.48. The zero-order valence-electron chi connectivity index (χ0n) is 13.0. The maximum atomic E-state index is 12.7. The highest BCUT2D eigenvalue weighted by atomic mass is 32.1. The molecular formula is C16H20N4OS. The molecule has 5 nitrogen and oxygen atoms in total. The van der Waals surface area contributed by atoms with Crippen LogP contribution in [-0.4, -0.2) is 47.5 Å². The quantitative estimate of drug-likeness (QED) is 0.811. The number of carbonyl (C=O) groups is 1.